The first kappa shape index (κ1) is 14.9. The Labute approximate surface area is 149 Å². The van der Waals surface area contributed by atoms with E-state index in [4.69, 9.17) is 4.74 Å². The molecule has 1 N–H and O–H groups in total. The lowest BCUT2D eigenvalue weighted by Crippen LogP contribution is -2.31. The van der Waals surface area contributed by atoms with Gasteiger partial charge in [0.2, 0.25) is 0 Å². The molecule has 2 aromatic heterocycles. The smallest absolute Gasteiger partial charge is 0.267 e. The largest absolute Gasteiger partial charge is 0.480 e. The summed E-state index contributed by atoms with van der Waals surface area (Å²) in [7, 11) is 0. The van der Waals surface area contributed by atoms with Crippen molar-refractivity contribution in [1.82, 2.24) is 4.98 Å². The number of nitrogens with zero attached hydrogens (tertiary/aromatic N) is 1. The fourth-order valence-corrected chi connectivity index (χ4v) is 4.55. The van der Waals surface area contributed by atoms with Crippen molar-refractivity contribution in [3.63, 3.8) is 0 Å². The van der Waals surface area contributed by atoms with Gasteiger partial charge in [-0.25, -0.2) is 4.98 Å². The van der Waals surface area contributed by atoms with Crippen LogP contribution in [0.3, 0.4) is 0 Å². The molecule has 0 radical (unpaired) electrons. The van der Waals surface area contributed by atoms with Crippen LogP contribution in [-0.4, -0.2) is 17.0 Å². The standard InChI is InChI=1S/C16H11BrN2O2S2/c17-14-6-5-13(23-14)10-8-22-16(18-10)19-15(20)12-7-9-3-1-2-4-11(9)21-12/h1-6,8,12H,7H2,(H,18,19,20). The number of nitrogens with one attached hydrogen (secondary N) is 1. The second-order valence-corrected chi connectivity index (χ2v) is 8.37. The van der Waals surface area contributed by atoms with E-state index in [2.05, 4.69) is 26.2 Å². The summed E-state index contributed by atoms with van der Waals surface area (Å²) in [4.78, 5) is 17.9. The second-order valence-electron chi connectivity index (χ2n) is 5.05. The van der Waals surface area contributed by atoms with E-state index in [1.807, 2.05) is 41.8 Å². The number of amides is 1. The van der Waals surface area contributed by atoms with Crippen molar-refractivity contribution >= 4 is 49.6 Å². The SMILES string of the molecule is O=C(Nc1nc(-c2ccc(Br)s2)cs1)C1Cc2ccccc2O1. The van der Waals surface area contributed by atoms with Crippen molar-refractivity contribution < 1.29 is 9.53 Å². The Kier molecular flexibility index (Phi) is 3.92. The molecule has 0 fully saturated rings. The van der Waals surface area contributed by atoms with E-state index >= 15 is 0 Å². The molecule has 0 saturated carbocycles. The lowest BCUT2D eigenvalue weighted by atomic mass is 10.1. The minimum atomic E-state index is -0.490. The number of para-hydroxylation sites is 1. The zero-order chi connectivity index (χ0) is 15.8. The average molecular weight is 407 g/mol. The third-order valence-corrected chi connectivity index (χ3v) is 5.90. The Bertz CT molecular complexity index is 849. The fraction of sp³-hybridized carbons (Fsp3) is 0.125. The van der Waals surface area contributed by atoms with E-state index in [0.717, 1.165) is 25.7 Å². The summed E-state index contributed by atoms with van der Waals surface area (Å²) in [6, 6.07) is 11.7. The number of aromatic nitrogens is 1. The topological polar surface area (TPSA) is 51.2 Å². The van der Waals surface area contributed by atoms with Crippen LogP contribution < -0.4 is 10.1 Å². The van der Waals surface area contributed by atoms with Crippen molar-refractivity contribution in [2.45, 2.75) is 12.5 Å². The van der Waals surface area contributed by atoms with Gasteiger partial charge in [-0.1, -0.05) is 18.2 Å². The molecule has 1 atom stereocenters. The molecule has 0 bridgehead atoms. The predicted molar refractivity (Wildman–Crippen MR) is 96.3 cm³/mol. The van der Waals surface area contributed by atoms with E-state index in [1.54, 1.807) is 11.3 Å². The van der Waals surface area contributed by atoms with Crippen LogP contribution in [0.1, 0.15) is 5.56 Å². The van der Waals surface area contributed by atoms with E-state index in [-0.39, 0.29) is 5.91 Å². The zero-order valence-corrected chi connectivity index (χ0v) is 15.0. The molecule has 1 amide bonds. The van der Waals surface area contributed by atoms with Gasteiger partial charge in [0.25, 0.3) is 5.91 Å². The molecule has 3 heterocycles. The highest BCUT2D eigenvalue weighted by molar-refractivity contribution is 9.11. The summed E-state index contributed by atoms with van der Waals surface area (Å²) >= 11 is 6.47. The number of anilines is 1. The Hall–Kier alpha value is -1.70. The highest BCUT2D eigenvalue weighted by Crippen LogP contribution is 2.33. The number of ether oxygens (including phenoxy) is 1. The van der Waals surface area contributed by atoms with Crippen molar-refractivity contribution in [3.8, 4) is 16.3 Å². The molecule has 0 spiro atoms. The maximum Gasteiger partial charge on any atom is 0.267 e. The summed E-state index contributed by atoms with van der Waals surface area (Å²) in [5.41, 5.74) is 1.94. The summed E-state index contributed by atoms with van der Waals surface area (Å²) in [6.45, 7) is 0. The Balaban J connectivity index is 1.45. The van der Waals surface area contributed by atoms with E-state index < -0.39 is 6.10 Å². The van der Waals surface area contributed by atoms with Crippen LogP contribution in [0.15, 0.2) is 45.6 Å². The van der Waals surface area contributed by atoms with Crippen LogP contribution in [0, 0.1) is 0 Å². The van der Waals surface area contributed by atoms with Gasteiger partial charge in [0.15, 0.2) is 11.2 Å². The van der Waals surface area contributed by atoms with Gasteiger partial charge >= 0.3 is 0 Å². The summed E-state index contributed by atoms with van der Waals surface area (Å²) in [6.07, 6.45) is 0.105. The van der Waals surface area contributed by atoms with Crippen LogP contribution in [0.4, 0.5) is 5.13 Å². The maximum atomic E-state index is 12.4. The molecular formula is C16H11BrN2O2S2. The normalized spacial score (nSPS) is 16.0. The number of carbonyl (C=O) groups is 1. The third-order valence-electron chi connectivity index (χ3n) is 3.50. The average Bonchev–Trinajstić information content (AvgIpc) is 3.25. The van der Waals surface area contributed by atoms with Crippen molar-refractivity contribution in [3.05, 3.63) is 51.1 Å². The van der Waals surface area contributed by atoms with Crippen molar-refractivity contribution in [1.29, 1.82) is 0 Å². The van der Waals surface area contributed by atoms with Gasteiger partial charge in [0.1, 0.15) is 5.75 Å². The first-order valence-electron chi connectivity index (χ1n) is 6.96. The van der Waals surface area contributed by atoms with Crippen LogP contribution in [0.5, 0.6) is 5.75 Å². The number of hydrogen-bond donors (Lipinski definition) is 1. The van der Waals surface area contributed by atoms with Crippen molar-refractivity contribution in [2.75, 3.05) is 5.32 Å². The molecule has 1 aliphatic heterocycles. The Morgan fingerprint density at radius 1 is 1.30 bits per heavy atom. The second kappa shape index (κ2) is 6.07. The lowest BCUT2D eigenvalue weighted by molar-refractivity contribution is -0.122. The maximum absolute atomic E-state index is 12.4. The highest BCUT2D eigenvalue weighted by Gasteiger charge is 2.29. The molecule has 116 valence electrons. The van der Waals surface area contributed by atoms with Gasteiger partial charge in [-0.3, -0.25) is 10.1 Å². The highest BCUT2D eigenvalue weighted by atomic mass is 79.9. The molecule has 4 rings (SSSR count). The summed E-state index contributed by atoms with van der Waals surface area (Å²) in [5, 5.41) is 5.39. The van der Waals surface area contributed by atoms with E-state index in [1.165, 1.54) is 11.3 Å². The minimum absolute atomic E-state index is 0.158. The molecule has 0 saturated heterocycles. The van der Waals surface area contributed by atoms with Gasteiger partial charge in [0, 0.05) is 11.8 Å². The number of benzene rings is 1. The number of thiazole rings is 1. The van der Waals surface area contributed by atoms with Gasteiger partial charge in [-0.2, -0.15) is 0 Å². The molecule has 1 unspecified atom stereocenters. The van der Waals surface area contributed by atoms with Crippen LogP contribution >= 0.6 is 38.6 Å². The Morgan fingerprint density at radius 3 is 2.96 bits per heavy atom. The molecule has 23 heavy (non-hydrogen) atoms. The first-order valence-corrected chi connectivity index (χ1v) is 9.44. The van der Waals surface area contributed by atoms with Crippen LogP contribution in [-0.2, 0) is 11.2 Å². The lowest BCUT2D eigenvalue weighted by Gasteiger charge is -2.09. The predicted octanol–water partition coefficient (Wildman–Crippen LogP) is 4.58. The molecule has 4 nitrogen and oxygen atoms in total. The number of halogens is 1. The fourth-order valence-electron chi connectivity index (χ4n) is 2.41. The number of fused-ring (bicyclic) bond motifs is 1. The van der Waals surface area contributed by atoms with Gasteiger partial charge < -0.3 is 4.74 Å². The van der Waals surface area contributed by atoms with Gasteiger partial charge in [-0.05, 0) is 39.7 Å². The van der Waals surface area contributed by atoms with Crippen LogP contribution in [0.2, 0.25) is 0 Å². The van der Waals surface area contributed by atoms with Crippen LogP contribution in [0.25, 0.3) is 10.6 Å². The molecular weight excluding hydrogens is 396 g/mol. The molecule has 7 heteroatoms. The van der Waals surface area contributed by atoms with Gasteiger partial charge in [-0.15, -0.1) is 22.7 Å². The number of carbonyl (C=O) groups excluding carboxylic acids is 1. The number of thiophene rings is 1. The summed E-state index contributed by atoms with van der Waals surface area (Å²) < 4.78 is 6.75. The molecule has 1 aromatic carbocycles. The molecule has 0 aliphatic carbocycles. The molecule has 3 aromatic rings. The zero-order valence-electron chi connectivity index (χ0n) is 11.8. The van der Waals surface area contributed by atoms with Crippen molar-refractivity contribution in [2.24, 2.45) is 0 Å². The number of rotatable bonds is 3. The number of hydrogen-bond acceptors (Lipinski definition) is 5. The summed E-state index contributed by atoms with van der Waals surface area (Å²) in [5.74, 6) is 0.630. The minimum Gasteiger partial charge on any atom is -0.480 e. The third kappa shape index (κ3) is 3.04. The van der Waals surface area contributed by atoms with Gasteiger partial charge in [0.05, 0.1) is 14.4 Å². The monoisotopic (exact) mass is 406 g/mol. The molecule has 1 aliphatic rings. The quantitative estimate of drug-likeness (QED) is 0.692. The van der Waals surface area contributed by atoms with E-state index in [9.17, 15) is 4.79 Å². The first-order chi connectivity index (χ1) is 11.2. The Morgan fingerprint density at radius 2 is 2.17 bits per heavy atom. The van der Waals surface area contributed by atoms with E-state index in [0.29, 0.717) is 11.6 Å².